The van der Waals surface area contributed by atoms with Crippen LogP contribution in [-0.2, 0) is 10.0 Å². The number of nitrogens with zero attached hydrogens (tertiary/aromatic N) is 1. The molecular weight excluding hydrogens is 312 g/mol. The van der Waals surface area contributed by atoms with Crippen LogP contribution in [0.25, 0.3) is 0 Å². The average molecular weight is 325 g/mol. The van der Waals surface area contributed by atoms with Crippen LogP contribution in [-0.4, -0.2) is 25.2 Å². The van der Waals surface area contributed by atoms with Crippen LogP contribution in [0.3, 0.4) is 0 Å². The summed E-state index contributed by atoms with van der Waals surface area (Å²) in [5, 5.41) is 6.55. The second-order valence-corrected chi connectivity index (χ2v) is 6.22. The molecule has 0 aliphatic heterocycles. The first kappa shape index (κ1) is 15.4. The number of nitrogens with two attached hydrogens (primary N) is 1. The van der Waals surface area contributed by atoms with Gasteiger partial charge in [0.1, 0.15) is 4.90 Å². The van der Waals surface area contributed by atoms with Crippen LogP contribution in [0.5, 0.6) is 0 Å². The number of aryl methyl sites for hydroxylation is 1. The van der Waals surface area contributed by atoms with E-state index in [9.17, 15) is 8.42 Å². The summed E-state index contributed by atoms with van der Waals surface area (Å²) in [6.45, 7) is 1.84. The fourth-order valence-electron chi connectivity index (χ4n) is 1.64. The number of aromatic nitrogens is 2. The van der Waals surface area contributed by atoms with E-state index in [4.69, 9.17) is 17.3 Å². The maximum atomic E-state index is 12.3. The number of hydrogen-bond donors (Lipinski definition) is 3. The lowest BCUT2D eigenvalue weighted by atomic mass is 10.2. The highest BCUT2D eigenvalue weighted by molar-refractivity contribution is 7.92. The standard InChI is InChI=1S/C13H13ClN4O2S/c1-9-13(8-16-17-9)21(19,20)18-12-7-10(3-2-6-15)4-5-11(12)14/h4-5,7-8,18H,6,15H2,1H3,(H,16,17). The molecule has 1 aromatic heterocycles. The van der Waals surface area contributed by atoms with Crippen LogP contribution in [0.1, 0.15) is 11.3 Å². The van der Waals surface area contributed by atoms with E-state index in [1.807, 2.05) is 0 Å². The number of rotatable bonds is 3. The summed E-state index contributed by atoms with van der Waals surface area (Å²) in [5.41, 5.74) is 6.62. The molecule has 0 aliphatic carbocycles. The van der Waals surface area contributed by atoms with Gasteiger partial charge in [0.2, 0.25) is 0 Å². The number of benzene rings is 1. The molecule has 8 heteroatoms. The highest BCUT2D eigenvalue weighted by Gasteiger charge is 2.19. The average Bonchev–Trinajstić information content (AvgIpc) is 2.86. The fourth-order valence-corrected chi connectivity index (χ4v) is 3.07. The van der Waals surface area contributed by atoms with Crippen LogP contribution in [0, 0.1) is 18.8 Å². The second-order valence-electron chi connectivity index (χ2n) is 4.17. The van der Waals surface area contributed by atoms with Gasteiger partial charge in [-0.25, -0.2) is 8.42 Å². The summed E-state index contributed by atoms with van der Waals surface area (Å²) < 4.78 is 27.0. The van der Waals surface area contributed by atoms with E-state index in [0.29, 0.717) is 11.3 Å². The van der Waals surface area contributed by atoms with Gasteiger partial charge >= 0.3 is 0 Å². The Hall–Kier alpha value is -2.01. The van der Waals surface area contributed by atoms with Gasteiger partial charge in [0, 0.05) is 5.56 Å². The lowest BCUT2D eigenvalue weighted by Gasteiger charge is -2.09. The molecule has 0 spiro atoms. The quantitative estimate of drug-likeness (QED) is 0.744. The molecule has 0 saturated carbocycles. The Kier molecular flexibility index (Phi) is 4.53. The van der Waals surface area contributed by atoms with Crippen molar-refractivity contribution in [2.45, 2.75) is 11.8 Å². The van der Waals surface area contributed by atoms with Crippen LogP contribution >= 0.6 is 11.6 Å². The van der Waals surface area contributed by atoms with Gasteiger partial charge in [-0.2, -0.15) is 5.10 Å². The van der Waals surface area contributed by atoms with Gasteiger partial charge < -0.3 is 5.73 Å². The third-order valence-corrected chi connectivity index (χ3v) is 4.43. The maximum Gasteiger partial charge on any atom is 0.265 e. The van der Waals surface area contributed by atoms with Gasteiger partial charge in [-0.3, -0.25) is 9.82 Å². The lowest BCUT2D eigenvalue weighted by Crippen LogP contribution is -2.13. The minimum atomic E-state index is -3.76. The van der Waals surface area contributed by atoms with E-state index >= 15 is 0 Å². The summed E-state index contributed by atoms with van der Waals surface area (Å²) in [4.78, 5) is 0.0667. The molecule has 6 nitrogen and oxygen atoms in total. The molecule has 21 heavy (non-hydrogen) atoms. The fraction of sp³-hybridized carbons (Fsp3) is 0.154. The van der Waals surface area contributed by atoms with Crippen molar-refractivity contribution >= 4 is 27.3 Å². The predicted molar refractivity (Wildman–Crippen MR) is 81.5 cm³/mol. The summed E-state index contributed by atoms with van der Waals surface area (Å²) in [6, 6.07) is 4.81. The van der Waals surface area contributed by atoms with Gasteiger partial charge in [-0.05, 0) is 25.1 Å². The zero-order valence-electron chi connectivity index (χ0n) is 11.1. The topological polar surface area (TPSA) is 101 Å². The number of aromatic amines is 1. The zero-order valence-corrected chi connectivity index (χ0v) is 12.7. The Balaban J connectivity index is 2.37. The number of halogens is 1. The van der Waals surface area contributed by atoms with Crippen molar-refractivity contribution in [2.75, 3.05) is 11.3 Å². The van der Waals surface area contributed by atoms with E-state index < -0.39 is 10.0 Å². The summed E-state index contributed by atoms with van der Waals surface area (Å²) >= 11 is 6.01. The monoisotopic (exact) mass is 324 g/mol. The Morgan fingerprint density at radius 1 is 1.48 bits per heavy atom. The van der Waals surface area contributed by atoms with Crippen molar-refractivity contribution in [2.24, 2.45) is 5.73 Å². The molecule has 2 aromatic rings. The second kappa shape index (κ2) is 6.18. The Bertz CT molecular complexity index is 818. The number of H-pyrrole nitrogens is 1. The highest BCUT2D eigenvalue weighted by Crippen LogP contribution is 2.26. The lowest BCUT2D eigenvalue weighted by molar-refractivity contribution is 0.600. The van der Waals surface area contributed by atoms with Crippen molar-refractivity contribution < 1.29 is 8.42 Å². The maximum absolute atomic E-state index is 12.3. The molecule has 1 aromatic carbocycles. The Morgan fingerprint density at radius 3 is 2.86 bits per heavy atom. The van der Waals surface area contributed by atoms with Crippen molar-refractivity contribution in [1.82, 2.24) is 10.2 Å². The Morgan fingerprint density at radius 2 is 2.24 bits per heavy atom. The molecule has 0 saturated heterocycles. The van der Waals surface area contributed by atoms with E-state index in [2.05, 4.69) is 26.8 Å². The SMILES string of the molecule is Cc1[nH]ncc1S(=O)(=O)Nc1cc(C#CCN)ccc1Cl. The minimum absolute atomic E-state index is 0.0667. The number of sulfonamides is 1. The molecule has 1 heterocycles. The number of hydrogen-bond acceptors (Lipinski definition) is 4. The van der Waals surface area contributed by atoms with E-state index in [0.717, 1.165) is 0 Å². The van der Waals surface area contributed by atoms with Crippen LogP contribution in [0.15, 0.2) is 29.3 Å². The van der Waals surface area contributed by atoms with E-state index in [1.54, 1.807) is 25.1 Å². The molecule has 0 aliphatic rings. The molecule has 2 rings (SSSR count). The summed E-state index contributed by atoms with van der Waals surface area (Å²) in [6.07, 6.45) is 1.24. The van der Waals surface area contributed by atoms with Crippen molar-refractivity contribution in [3.05, 3.63) is 40.7 Å². The van der Waals surface area contributed by atoms with Gasteiger partial charge in [0.25, 0.3) is 10.0 Å². The highest BCUT2D eigenvalue weighted by atomic mass is 35.5. The third-order valence-electron chi connectivity index (χ3n) is 2.62. The molecule has 0 unspecified atom stereocenters. The molecule has 110 valence electrons. The predicted octanol–water partition coefficient (Wildman–Crippen LogP) is 1.48. The van der Waals surface area contributed by atoms with Crippen LogP contribution in [0.4, 0.5) is 5.69 Å². The van der Waals surface area contributed by atoms with Gasteiger partial charge in [0.05, 0.1) is 29.1 Å². The molecular formula is C13H13ClN4O2S. The number of anilines is 1. The zero-order chi connectivity index (χ0) is 15.5. The van der Waals surface area contributed by atoms with Crippen molar-refractivity contribution in [3.8, 4) is 11.8 Å². The molecule has 4 N–H and O–H groups in total. The van der Waals surface area contributed by atoms with Gasteiger partial charge in [-0.1, -0.05) is 23.4 Å². The smallest absolute Gasteiger partial charge is 0.265 e. The molecule has 0 bridgehead atoms. The largest absolute Gasteiger partial charge is 0.320 e. The third kappa shape index (κ3) is 3.55. The van der Waals surface area contributed by atoms with Crippen molar-refractivity contribution in [3.63, 3.8) is 0 Å². The van der Waals surface area contributed by atoms with Gasteiger partial charge in [0.15, 0.2) is 0 Å². The van der Waals surface area contributed by atoms with Crippen molar-refractivity contribution in [1.29, 1.82) is 0 Å². The normalized spacial score (nSPS) is 10.8. The van der Waals surface area contributed by atoms with E-state index in [-0.39, 0.29) is 22.2 Å². The molecule has 0 amide bonds. The first-order valence-electron chi connectivity index (χ1n) is 5.95. The first-order valence-corrected chi connectivity index (χ1v) is 7.81. The first-order chi connectivity index (χ1) is 9.94. The van der Waals surface area contributed by atoms with Gasteiger partial charge in [-0.15, -0.1) is 0 Å². The van der Waals surface area contributed by atoms with Crippen LogP contribution in [0.2, 0.25) is 5.02 Å². The Labute approximate surface area is 127 Å². The summed E-state index contributed by atoms with van der Waals surface area (Å²) in [7, 11) is -3.76. The molecule has 0 fully saturated rings. The van der Waals surface area contributed by atoms with Crippen LogP contribution < -0.4 is 10.5 Å². The molecule has 0 atom stereocenters. The number of nitrogens with one attached hydrogen (secondary N) is 2. The minimum Gasteiger partial charge on any atom is -0.320 e. The molecule has 0 radical (unpaired) electrons. The summed E-state index contributed by atoms with van der Waals surface area (Å²) in [5.74, 6) is 5.51. The van der Waals surface area contributed by atoms with E-state index in [1.165, 1.54) is 6.20 Å².